The molecule has 0 radical (unpaired) electrons. The fourth-order valence-electron chi connectivity index (χ4n) is 2.53. The molecule has 0 bridgehead atoms. The van der Waals surface area contributed by atoms with Gasteiger partial charge in [-0.05, 0) is 38.1 Å². The van der Waals surface area contributed by atoms with Crippen LogP contribution in [0.2, 0.25) is 0 Å². The lowest BCUT2D eigenvalue weighted by molar-refractivity contribution is -0.111. The standard InChI is InChI=1S/C18H19NO4/c1-3-21-17-10-13-9-12(2)23-16(13)11-15(17)19-18(20)7-6-14-5-4-8-22-14/h4-8,10-12H,3,9H2,1-2H3,(H,19,20)/b7-6+. The molecule has 1 atom stereocenters. The third-order valence-corrected chi connectivity index (χ3v) is 3.50. The molecular formula is C18H19NO4. The van der Waals surface area contributed by atoms with E-state index in [1.165, 1.54) is 6.08 Å². The van der Waals surface area contributed by atoms with Crippen LogP contribution in [0, 0.1) is 0 Å². The highest BCUT2D eigenvalue weighted by atomic mass is 16.5. The fraction of sp³-hybridized carbons (Fsp3) is 0.278. The first-order valence-corrected chi connectivity index (χ1v) is 7.64. The van der Waals surface area contributed by atoms with Crippen LogP contribution < -0.4 is 14.8 Å². The van der Waals surface area contributed by atoms with E-state index in [-0.39, 0.29) is 12.0 Å². The zero-order valence-corrected chi connectivity index (χ0v) is 13.2. The molecular weight excluding hydrogens is 294 g/mol. The molecule has 2 heterocycles. The molecule has 3 rings (SSSR count). The highest BCUT2D eigenvalue weighted by Crippen LogP contribution is 2.38. The van der Waals surface area contributed by atoms with Crippen molar-refractivity contribution in [1.82, 2.24) is 0 Å². The van der Waals surface area contributed by atoms with Crippen LogP contribution in [0.4, 0.5) is 5.69 Å². The number of anilines is 1. The number of carbonyl (C=O) groups excluding carboxylic acids is 1. The second-order valence-electron chi connectivity index (χ2n) is 5.36. The van der Waals surface area contributed by atoms with Crippen LogP contribution in [-0.2, 0) is 11.2 Å². The Bertz CT molecular complexity index is 719. The average molecular weight is 313 g/mol. The summed E-state index contributed by atoms with van der Waals surface area (Å²) in [6, 6.07) is 7.31. The molecule has 0 saturated heterocycles. The summed E-state index contributed by atoms with van der Waals surface area (Å²) in [5.74, 6) is 1.82. The molecule has 0 spiro atoms. The maximum Gasteiger partial charge on any atom is 0.248 e. The molecule has 120 valence electrons. The Labute approximate surface area is 134 Å². The molecule has 23 heavy (non-hydrogen) atoms. The lowest BCUT2D eigenvalue weighted by Gasteiger charge is -2.12. The van der Waals surface area contributed by atoms with E-state index in [9.17, 15) is 4.79 Å². The number of rotatable bonds is 5. The van der Waals surface area contributed by atoms with Crippen molar-refractivity contribution in [2.75, 3.05) is 11.9 Å². The van der Waals surface area contributed by atoms with Crippen LogP contribution in [0.3, 0.4) is 0 Å². The number of nitrogens with one attached hydrogen (secondary N) is 1. The number of furan rings is 1. The van der Waals surface area contributed by atoms with Gasteiger partial charge in [-0.25, -0.2) is 0 Å². The van der Waals surface area contributed by atoms with E-state index >= 15 is 0 Å². The summed E-state index contributed by atoms with van der Waals surface area (Å²) in [5, 5.41) is 2.83. The zero-order valence-electron chi connectivity index (χ0n) is 13.2. The van der Waals surface area contributed by atoms with Gasteiger partial charge in [0.1, 0.15) is 23.4 Å². The van der Waals surface area contributed by atoms with Gasteiger partial charge in [0.05, 0.1) is 18.6 Å². The van der Waals surface area contributed by atoms with E-state index in [0.717, 1.165) is 17.7 Å². The van der Waals surface area contributed by atoms with Crippen LogP contribution in [0.1, 0.15) is 25.2 Å². The monoisotopic (exact) mass is 313 g/mol. The van der Waals surface area contributed by atoms with Gasteiger partial charge in [0, 0.05) is 24.1 Å². The van der Waals surface area contributed by atoms with Crippen LogP contribution in [0.15, 0.2) is 41.0 Å². The van der Waals surface area contributed by atoms with E-state index in [4.69, 9.17) is 13.9 Å². The maximum atomic E-state index is 12.1. The third-order valence-electron chi connectivity index (χ3n) is 3.50. The van der Waals surface area contributed by atoms with Crippen molar-refractivity contribution in [3.05, 3.63) is 47.9 Å². The summed E-state index contributed by atoms with van der Waals surface area (Å²) < 4.78 is 16.5. The Kier molecular flexibility index (Phi) is 4.37. The van der Waals surface area contributed by atoms with Crippen molar-refractivity contribution in [3.8, 4) is 11.5 Å². The number of ether oxygens (including phenoxy) is 2. The molecule has 5 heteroatoms. The Balaban J connectivity index is 1.78. The van der Waals surface area contributed by atoms with Crippen molar-refractivity contribution < 1.29 is 18.7 Å². The Morgan fingerprint density at radius 3 is 3.09 bits per heavy atom. The molecule has 5 nitrogen and oxygen atoms in total. The summed E-state index contributed by atoms with van der Waals surface area (Å²) in [4.78, 5) is 12.1. The topological polar surface area (TPSA) is 60.7 Å². The number of fused-ring (bicyclic) bond motifs is 1. The van der Waals surface area contributed by atoms with Crippen LogP contribution >= 0.6 is 0 Å². The largest absolute Gasteiger partial charge is 0.492 e. The predicted octanol–water partition coefficient (Wildman–Crippen LogP) is 3.65. The van der Waals surface area contributed by atoms with Gasteiger partial charge >= 0.3 is 0 Å². The van der Waals surface area contributed by atoms with Gasteiger partial charge in [0.2, 0.25) is 5.91 Å². The highest BCUT2D eigenvalue weighted by Gasteiger charge is 2.22. The smallest absolute Gasteiger partial charge is 0.248 e. The number of hydrogen-bond donors (Lipinski definition) is 1. The first kappa shape index (κ1) is 15.2. The Hall–Kier alpha value is -2.69. The quantitative estimate of drug-likeness (QED) is 0.856. The summed E-state index contributed by atoms with van der Waals surface area (Å²) in [6.07, 6.45) is 5.59. The zero-order chi connectivity index (χ0) is 16.2. The number of carbonyl (C=O) groups is 1. The second-order valence-corrected chi connectivity index (χ2v) is 5.36. The van der Waals surface area contributed by atoms with Crippen molar-refractivity contribution in [3.63, 3.8) is 0 Å². The van der Waals surface area contributed by atoms with E-state index in [0.29, 0.717) is 23.8 Å². The van der Waals surface area contributed by atoms with Crippen molar-refractivity contribution in [1.29, 1.82) is 0 Å². The van der Waals surface area contributed by atoms with Gasteiger partial charge in [-0.2, -0.15) is 0 Å². The molecule has 2 aromatic rings. The first-order chi connectivity index (χ1) is 11.2. The Morgan fingerprint density at radius 1 is 1.48 bits per heavy atom. The van der Waals surface area contributed by atoms with Crippen molar-refractivity contribution in [2.45, 2.75) is 26.4 Å². The summed E-state index contributed by atoms with van der Waals surface area (Å²) in [5.41, 5.74) is 1.71. The molecule has 0 saturated carbocycles. The van der Waals surface area contributed by atoms with Crippen LogP contribution in [0.5, 0.6) is 11.5 Å². The summed E-state index contributed by atoms with van der Waals surface area (Å²) >= 11 is 0. The van der Waals surface area contributed by atoms with E-state index < -0.39 is 0 Å². The lowest BCUT2D eigenvalue weighted by atomic mass is 10.1. The van der Waals surface area contributed by atoms with Gasteiger partial charge in [0.15, 0.2) is 0 Å². The molecule has 1 N–H and O–H groups in total. The lowest BCUT2D eigenvalue weighted by Crippen LogP contribution is -2.10. The SMILES string of the molecule is CCOc1cc2c(cc1NC(=O)/C=C/c1ccco1)OC(C)C2. The first-order valence-electron chi connectivity index (χ1n) is 7.64. The minimum Gasteiger partial charge on any atom is -0.492 e. The molecule has 1 aliphatic rings. The third kappa shape index (κ3) is 3.56. The molecule has 1 amide bonds. The normalized spacial score (nSPS) is 16.2. The van der Waals surface area contributed by atoms with Gasteiger partial charge in [0.25, 0.3) is 0 Å². The van der Waals surface area contributed by atoms with Crippen LogP contribution in [-0.4, -0.2) is 18.6 Å². The Morgan fingerprint density at radius 2 is 2.35 bits per heavy atom. The minimum atomic E-state index is -0.256. The van der Waals surface area contributed by atoms with Crippen LogP contribution in [0.25, 0.3) is 6.08 Å². The van der Waals surface area contributed by atoms with Gasteiger partial charge in [-0.3, -0.25) is 4.79 Å². The minimum absolute atomic E-state index is 0.143. The van der Waals surface area contributed by atoms with E-state index in [1.54, 1.807) is 24.5 Å². The van der Waals surface area contributed by atoms with Gasteiger partial charge < -0.3 is 19.2 Å². The predicted molar refractivity (Wildman–Crippen MR) is 87.8 cm³/mol. The molecule has 1 aromatic carbocycles. The summed E-state index contributed by atoms with van der Waals surface area (Å²) in [7, 11) is 0. The molecule has 1 unspecified atom stereocenters. The molecule has 1 aliphatic heterocycles. The molecule has 1 aromatic heterocycles. The fourth-order valence-corrected chi connectivity index (χ4v) is 2.53. The van der Waals surface area contributed by atoms with E-state index in [2.05, 4.69) is 5.32 Å². The van der Waals surface area contributed by atoms with Crippen molar-refractivity contribution in [2.24, 2.45) is 0 Å². The molecule has 0 fully saturated rings. The summed E-state index contributed by atoms with van der Waals surface area (Å²) in [6.45, 7) is 4.46. The number of benzene rings is 1. The average Bonchev–Trinajstić information content (AvgIpc) is 3.14. The van der Waals surface area contributed by atoms with Gasteiger partial charge in [-0.15, -0.1) is 0 Å². The number of amides is 1. The van der Waals surface area contributed by atoms with E-state index in [1.807, 2.05) is 26.0 Å². The number of hydrogen-bond acceptors (Lipinski definition) is 4. The maximum absolute atomic E-state index is 12.1. The second kappa shape index (κ2) is 6.60. The molecule has 0 aliphatic carbocycles. The highest BCUT2D eigenvalue weighted by molar-refractivity contribution is 6.02. The van der Waals surface area contributed by atoms with Crippen molar-refractivity contribution >= 4 is 17.7 Å². The van der Waals surface area contributed by atoms with Gasteiger partial charge in [-0.1, -0.05) is 0 Å².